The van der Waals surface area contributed by atoms with E-state index in [4.69, 9.17) is 16.0 Å². The number of benzene rings is 2. The molecule has 26 heavy (non-hydrogen) atoms. The molecule has 0 fully saturated rings. The third kappa shape index (κ3) is 3.88. The highest BCUT2D eigenvalue weighted by Gasteiger charge is 2.33. The second-order valence-corrected chi connectivity index (χ2v) is 5.73. The normalized spacial score (nSPS) is 11.4. The predicted molar refractivity (Wildman–Crippen MR) is 88.5 cm³/mol. The fraction of sp³-hybridized carbons (Fsp3) is 0.0556. The fourth-order valence-electron chi connectivity index (χ4n) is 2.27. The van der Waals surface area contributed by atoms with Gasteiger partial charge in [-0.1, -0.05) is 17.7 Å². The Labute approximate surface area is 150 Å². The Morgan fingerprint density at radius 3 is 2.50 bits per heavy atom. The van der Waals surface area contributed by atoms with Crippen LogP contribution < -0.4 is 5.32 Å². The van der Waals surface area contributed by atoms with E-state index in [1.54, 1.807) is 0 Å². The van der Waals surface area contributed by atoms with Crippen molar-refractivity contribution in [2.45, 2.75) is 6.18 Å². The number of carbonyl (C=O) groups excluding carboxylic acids is 1. The molecule has 2 aromatic carbocycles. The van der Waals surface area contributed by atoms with Crippen LogP contribution in [0.5, 0.6) is 0 Å². The van der Waals surface area contributed by atoms with Gasteiger partial charge >= 0.3 is 6.18 Å². The molecule has 1 amide bonds. The van der Waals surface area contributed by atoms with Crippen molar-refractivity contribution in [1.82, 2.24) is 0 Å². The number of furan rings is 1. The van der Waals surface area contributed by atoms with Crippen molar-refractivity contribution in [3.63, 3.8) is 0 Å². The first-order chi connectivity index (χ1) is 12.2. The molecule has 0 spiro atoms. The Morgan fingerprint density at radius 1 is 1.04 bits per heavy atom. The number of hydrogen-bond donors (Lipinski definition) is 1. The molecular weight excluding hydrogens is 374 g/mol. The largest absolute Gasteiger partial charge is 0.451 e. The zero-order valence-electron chi connectivity index (χ0n) is 12.9. The summed E-state index contributed by atoms with van der Waals surface area (Å²) in [6.45, 7) is 0. The summed E-state index contributed by atoms with van der Waals surface area (Å²) in [5.74, 6) is -1.25. The van der Waals surface area contributed by atoms with Crippen LogP contribution in [0.15, 0.2) is 59.0 Å². The van der Waals surface area contributed by atoms with Gasteiger partial charge in [0.1, 0.15) is 11.6 Å². The highest BCUT2D eigenvalue weighted by molar-refractivity contribution is 6.31. The molecule has 1 aromatic heterocycles. The maximum Gasteiger partial charge on any atom is 0.417 e. The molecule has 0 aliphatic carbocycles. The first-order valence-electron chi connectivity index (χ1n) is 7.28. The van der Waals surface area contributed by atoms with Crippen molar-refractivity contribution in [2.75, 3.05) is 5.32 Å². The molecule has 0 aliphatic rings. The van der Waals surface area contributed by atoms with Crippen LogP contribution in [0.1, 0.15) is 16.1 Å². The third-order valence-electron chi connectivity index (χ3n) is 3.47. The minimum absolute atomic E-state index is 0.0663. The minimum atomic E-state index is -4.61. The van der Waals surface area contributed by atoms with Gasteiger partial charge in [-0.3, -0.25) is 4.79 Å². The number of hydrogen-bond acceptors (Lipinski definition) is 2. The van der Waals surface area contributed by atoms with Gasteiger partial charge in [0.05, 0.1) is 10.6 Å². The molecule has 0 aliphatic heterocycles. The van der Waals surface area contributed by atoms with Crippen molar-refractivity contribution < 1.29 is 26.8 Å². The number of anilines is 1. The summed E-state index contributed by atoms with van der Waals surface area (Å²) in [4.78, 5) is 12.1. The summed E-state index contributed by atoms with van der Waals surface area (Å²) in [6, 6.07) is 11.2. The van der Waals surface area contributed by atoms with Crippen LogP contribution in [-0.2, 0) is 6.18 Å². The van der Waals surface area contributed by atoms with Crippen LogP contribution in [0.25, 0.3) is 11.3 Å². The number of carbonyl (C=O) groups is 1. The Hall–Kier alpha value is -2.80. The number of nitrogens with one attached hydrogen (secondary N) is 1. The molecule has 8 heteroatoms. The SMILES string of the molecule is O=C(Nc1cccc(F)c1)c1ccc(-c2ccc(Cl)c(C(F)(F)F)c2)o1. The predicted octanol–water partition coefficient (Wildman–Crippen LogP) is 6.01. The van der Waals surface area contributed by atoms with E-state index in [1.807, 2.05) is 0 Å². The molecule has 3 aromatic rings. The Morgan fingerprint density at radius 2 is 1.81 bits per heavy atom. The first-order valence-corrected chi connectivity index (χ1v) is 7.66. The van der Waals surface area contributed by atoms with Crippen LogP contribution in [0, 0.1) is 5.82 Å². The van der Waals surface area contributed by atoms with Gasteiger partial charge in [0.15, 0.2) is 5.76 Å². The van der Waals surface area contributed by atoms with E-state index in [2.05, 4.69) is 5.32 Å². The average molecular weight is 384 g/mol. The number of alkyl halides is 3. The molecule has 3 rings (SSSR count). The molecule has 3 nitrogen and oxygen atoms in total. The van der Waals surface area contributed by atoms with Crippen molar-refractivity contribution in [3.8, 4) is 11.3 Å². The van der Waals surface area contributed by atoms with E-state index in [0.717, 1.165) is 18.2 Å². The van der Waals surface area contributed by atoms with Crippen LogP contribution in [0.3, 0.4) is 0 Å². The number of halogens is 5. The molecular formula is C18H10ClF4NO2. The Kier molecular flexibility index (Phi) is 4.73. The minimum Gasteiger partial charge on any atom is -0.451 e. The summed E-state index contributed by atoms with van der Waals surface area (Å²) >= 11 is 5.58. The van der Waals surface area contributed by atoms with Crippen LogP contribution in [0.4, 0.5) is 23.2 Å². The lowest BCUT2D eigenvalue weighted by atomic mass is 10.1. The lowest BCUT2D eigenvalue weighted by molar-refractivity contribution is -0.137. The molecule has 134 valence electrons. The molecule has 0 unspecified atom stereocenters. The number of amides is 1. The molecule has 0 saturated heterocycles. The van der Waals surface area contributed by atoms with Gasteiger partial charge in [-0.15, -0.1) is 0 Å². The molecule has 0 saturated carbocycles. The van der Waals surface area contributed by atoms with E-state index >= 15 is 0 Å². The average Bonchev–Trinajstić information content (AvgIpc) is 3.04. The highest BCUT2D eigenvalue weighted by Crippen LogP contribution is 2.37. The molecule has 1 N–H and O–H groups in total. The van der Waals surface area contributed by atoms with Gasteiger partial charge in [0, 0.05) is 11.3 Å². The zero-order chi connectivity index (χ0) is 18.9. The summed E-state index contributed by atoms with van der Waals surface area (Å²) in [5, 5.41) is 2.00. The third-order valence-corrected chi connectivity index (χ3v) is 3.80. The lowest BCUT2D eigenvalue weighted by Gasteiger charge is -2.10. The maximum atomic E-state index is 13.1. The second-order valence-electron chi connectivity index (χ2n) is 5.32. The lowest BCUT2D eigenvalue weighted by Crippen LogP contribution is -2.10. The van der Waals surface area contributed by atoms with Gasteiger partial charge in [-0.05, 0) is 48.5 Å². The second kappa shape index (κ2) is 6.84. The fourth-order valence-corrected chi connectivity index (χ4v) is 2.49. The van der Waals surface area contributed by atoms with Crippen LogP contribution in [-0.4, -0.2) is 5.91 Å². The summed E-state index contributed by atoms with van der Waals surface area (Å²) in [5.41, 5.74) is -0.663. The van der Waals surface area contributed by atoms with Crippen molar-refractivity contribution in [3.05, 3.63) is 76.8 Å². The summed E-state index contributed by atoms with van der Waals surface area (Å²) in [7, 11) is 0. The van der Waals surface area contributed by atoms with Gasteiger partial charge in [-0.2, -0.15) is 13.2 Å². The summed E-state index contributed by atoms with van der Waals surface area (Å²) < 4.78 is 57.3. The van der Waals surface area contributed by atoms with E-state index in [-0.39, 0.29) is 22.8 Å². The quantitative estimate of drug-likeness (QED) is 0.563. The van der Waals surface area contributed by atoms with Crippen molar-refractivity contribution >= 4 is 23.2 Å². The Balaban J connectivity index is 1.85. The van der Waals surface area contributed by atoms with Gasteiger partial charge < -0.3 is 9.73 Å². The van der Waals surface area contributed by atoms with Crippen molar-refractivity contribution in [2.24, 2.45) is 0 Å². The van der Waals surface area contributed by atoms with E-state index in [1.165, 1.54) is 36.4 Å². The van der Waals surface area contributed by atoms with Crippen molar-refractivity contribution in [1.29, 1.82) is 0 Å². The van der Waals surface area contributed by atoms with Crippen LogP contribution in [0.2, 0.25) is 5.02 Å². The Bertz CT molecular complexity index is 966. The molecule has 0 radical (unpaired) electrons. The van der Waals surface area contributed by atoms with E-state index in [9.17, 15) is 22.4 Å². The molecule has 0 bridgehead atoms. The number of rotatable bonds is 3. The van der Waals surface area contributed by atoms with Gasteiger partial charge in [0.25, 0.3) is 5.91 Å². The monoisotopic (exact) mass is 383 g/mol. The molecule has 0 atom stereocenters. The van der Waals surface area contributed by atoms with Gasteiger partial charge in [0.2, 0.25) is 0 Å². The highest BCUT2D eigenvalue weighted by atomic mass is 35.5. The molecule has 1 heterocycles. The maximum absolute atomic E-state index is 13.1. The zero-order valence-corrected chi connectivity index (χ0v) is 13.7. The van der Waals surface area contributed by atoms with E-state index < -0.39 is 28.5 Å². The topological polar surface area (TPSA) is 42.2 Å². The summed E-state index contributed by atoms with van der Waals surface area (Å²) in [6.07, 6.45) is -4.61. The van der Waals surface area contributed by atoms with Gasteiger partial charge in [-0.25, -0.2) is 4.39 Å². The first kappa shape index (κ1) is 18.0. The smallest absolute Gasteiger partial charge is 0.417 e. The van der Waals surface area contributed by atoms with E-state index in [0.29, 0.717) is 0 Å². The standard InChI is InChI=1S/C18H10ClF4NO2/c19-14-5-4-10(8-13(14)18(21,22)23)15-6-7-16(26-15)17(25)24-12-3-1-2-11(20)9-12/h1-9H,(H,24,25). The van der Waals surface area contributed by atoms with Crippen LogP contribution >= 0.6 is 11.6 Å².